The number of thioether (sulfide) groups is 1. The number of likely N-dealkylation sites (tertiary alicyclic amines) is 1. The van der Waals surface area contributed by atoms with Gasteiger partial charge < -0.3 is 10.5 Å². The number of ether oxygens (including phenoxy) is 1. The molecule has 2 saturated heterocycles. The van der Waals surface area contributed by atoms with E-state index in [1.165, 1.54) is 29.9 Å². The van der Waals surface area contributed by atoms with Crippen molar-refractivity contribution in [3.8, 4) is 5.75 Å². The summed E-state index contributed by atoms with van der Waals surface area (Å²) in [6, 6.07) is 9.18. The van der Waals surface area contributed by atoms with E-state index in [0.717, 1.165) is 25.3 Å². The van der Waals surface area contributed by atoms with Crippen molar-refractivity contribution in [2.75, 3.05) is 31.6 Å². The Hall–Kier alpha value is -0.710. The van der Waals surface area contributed by atoms with Gasteiger partial charge in [-0.1, -0.05) is 12.1 Å². The minimum absolute atomic E-state index is 0.402. The minimum atomic E-state index is 0.402. The van der Waals surface area contributed by atoms with Crippen LogP contribution in [-0.2, 0) is 0 Å². The molecule has 2 fully saturated rings. The van der Waals surface area contributed by atoms with Crippen LogP contribution in [0.15, 0.2) is 24.3 Å². The molecule has 1 aromatic rings. The normalized spacial score (nSPS) is 27.9. The van der Waals surface area contributed by atoms with Gasteiger partial charge in [0.2, 0.25) is 0 Å². The fraction of sp³-hybridized carbons (Fsp3) is 0.647. The molecule has 1 aromatic carbocycles. The van der Waals surface area contributed by atoms with E-state index in [1.54, 1.807) is 0 Å². The van der Waals surface area contributed by atoms with E-state index in [9.17, 15) is 0 Å². The SMILES string of the molecule is CN1CC(CN)CC1c1cccc(OC2CCSCC2)c1. The zero-order valence-electron chi connectivity index (χ0n) is 12.8. The molecule has 2 heterocycles. The lowest BCUT2D eigenvalue weighted by atomic mass is 10.00. The fourth-order valence-electron chi connectivity index (χ4n) is 3.45. The van der Waals surface area contributed by atoms with Crippen LogP contribution in [0.3, 0.4) is 0 Å². The lowest BCUT2D eigenvalue weighted by Gasteiger charge is -2.24. The molecule has 0 radical (unpaired) electrons. The van der Waals surface area contributed by atoms with Crippen molar-refractivity contribution < 1.29 is 4.74 Å². The maximum absolute atomic E-state index is 6.19. The number of benzene rings is 1. The third kappa shape index (κ3) is 3.74. The van der Waals surface area contributed by atoms with Crippen LogP contribution >= 0.6 is 11.8 Å². The molecule has 2 aliphatic heterocycles. The number of nitrogens with two attached hydrogens (primary N) is 1. The third-order valence-electron chi connectivity index (χ3n) is 4.68. The minimum Gasteiger partial charge on any atom is -0.490 e. The van der Waals surface area contributed by atoms with Gasteiger partial charge in [0.15, 0.2) is 0 Å². The van der Waals surface area contributed by atoms with Gasteiger partial charge in [0.1, 0.15) is 11.9 Å². The molecule has 3 rings (SSSR count). The number of rotatable bonds is 4. The molecule has 0 aromatic heterocycles. The largest absolute Gasteiger partial charge is 0.490 e. The van der Waals surface area contributed by atoms with Crippen LogP contribution in [-0.4, -0.2) is 42.6 Å². The average Bonchev–Trinajstić information content (AvgIpc) is 2.90. The standard InChI is InChI=1S/C17H26N2OS/c1-19-12-13(11-18)9-17(19)14-3-2-4-16(10-14)20-15-5-7-21-8-6-15/h2-4,10,13,15,17H,5-9,11-12,18H2,1H3. The Balaban J connectivity index is 1.68. The van der Waals surface area contributed by atoms with Crippen molar-refractivity contribution in [2.24, 2.45) is 11.7 Å². The predicted octanol–water partition coefficient (Wildman–Crippen LogP) is 2.91. The molecule has 0 spiro atoms. The summed E-state index contributed by atoms with van der Waals surface area (Å²) in [4.78, 5) is 2.42. The van der Waals surface area contributed by atoms with Gasteiger partial charge in [-0.25, -0.2) is 0 Å². The summed E-state index contributed by atoms with van der Waals surface area (Å²) < 4.78 is 6.19. The lowest BCUT2D eigenvalue weighted by molar-refractivity contribution is 0.192. The van der Waals surface area contributed by atoms with Gasteiger partial charge in [-0.05, 0) is 68.0 Å². The molecule has 4 heteroatoms. The second-order valence-corrected chi connectivity index (χ2v) is 7.52. The molecule has 0 bridgehead atoms. The molecule has 116 valence electrons. The van der Waals surface area contributed by atoms with Gasteiger partial charge in [0.05, 0.1) is 0 Å². The molecule has 2 aliphatic rings. The third-order valence-corrected chi connectivity index (χ3v) is 5.73. The highest BCUT2D eigenvalue weighted by Gasteiger charge is 2.29. The first-order chi connectivity index (χ1) is 10.3. The van der Waals surface area contributed by atoms with Crippen LogP contribution in [0.1, 0.15) is 30.9 Å². The number of nitrogens with zero attached hydrogens (tertiary/aromatic N) is 1. The number of hydrogen-bond donors (Lipinski definition) is 1. The summed E-state index contributed by atoms with van der Waals surface area (Å²) >= 11 is 2.04. The highest BCUT2D eigenvalue weighted by molar-refractivity contribution is 7.99. The molecular formula is C17H26N2OS. The summed E-state index contributed by atoms with van der Waals surface area (Å²) in [5, 5.41) is 0. The van der Waals surface area contributed by atoms with E-state index in [-0.39, 0.29) is 0 Å². The zero-order valence-corrected chi connectivity index (χ0v) is 13.6. The maximum atomic E-state index is 6.19. The van der Waals surface area contributed by atoms with Crippen molar-refractivity contribution in [1.29, 1.82) is 0 Å². The Morgan fingerprint density at radius 3 is 2.86 bits per heavy atom. The van der Waals surface area contributed by atoms with Gasteiger partial charge in [0.25, 0.3) is 0 Å². The summed E-state index contributed by atoms with van der Waals surface area (Å²) in [6.45, 7) is 1.89. The summed E-state index contributed by atoms with van der Waals surface area (Å²) in [5.74, 6) is 4.12. The van der Waals surface area contributed by atoms with Crippen molar-refractivity contribution in [3.05, 3.63) is 29.8 Å². The molecule has 0 aliphatic carbocycles. The van der Waals surface area contributed by atoms with Crippen LogP contribution in [0.5, 0.6) is 5.75 Å². The second kappa shape index (κ2) is 7.03. The smallest absolute Gasteiger partial charge is 0.120 e. The van der Waals surface area contributed by atoms with Crippen molar-refractivity contribution in [2.45, 2.75) is 31.4 Å². The van der Waals surface area contributed by atoms with Crippen molar-refractivity contribution >= 4 is 11.8 Å². The summed E-state index contributed by atoms with van der Waals surface area (Å²) in [5.41, 5.74) is 7.21. The van der Waals surface area contributed by atoms with E-state index in [2.05, 4.69) is 36.2 Å². The second-order valence-electron chi connectivity index (χ2n) is 6.29. The van der Waals surface area contributed by atoms with Crippen LogP contribution in [0.4, 0.5) is 0 Å². The maximum Gasteiger partial charge on any atom is 0.120 e. The van der Waals surface area contributed by atoms with E-state index in [4.69, 9.17) is 10.5 Å². The predicted molar refractivity (Wildman–Crippen MR) is 89.9 cm³/mol. The van der Waals surface area contributed by atoms with Crippen molar-refractivity contribution in [1.82, 2.24) is 4.90 Å². The molecule has 2 N–H and O–H groups in total. The van der Waals surface area contributed by atoms with Crippen LogP contribution in [0, 0.1) is 5.92 Å². The fourth-order valence-corrected chi connectivity index (χ4v) is 4.51. The molecule has 3 nitrogen and oxygen atoms in total. The van der Waals surface area contributed by atoms with Gasteiger partial charge in [-0.2, -0.15) is 11.8 Å². The topological polar surface area (TPSA) is 38.5 Å². The molecular weight excluding hydrogens is 280 g/mol. The quantitative estimate of drug-likeness (QED) is 0.928. The molecule has 2 unspecified atom stereocenters. The van der Waals surface area contributed by atoms with E-state index >= 15 is 0 Å². The first-order valence-electron chi connectivity index (χ1n) is 8.01. The van der Waals surface area contributed by atoms with Crippen LogP contribution in [0.2, 0.25) is 0 Å². The highest BCUT2D eigenvalue weighted by atomic mass is 32.2. The Morgan fingerprint density at radius 2 is 2.14 bits per heavy atom. The molecule has 21 heavy (non-hydrogen) atoms. The van der Waals surface area contributed by atoms with Crippen molar-refractivity contribution in [3.63, 3.8) is 0 Å². The Labute approximate surface area is 132 Å². The summed E-state index contributed by atoms with van der Waals surface area (Å²) in [6.07, 6.45) is 3.91. The first-order valence-corrected chi connectivity index (χ1v) is 9.16. The number of hydrogen-bond acceptors (Lipinski definition) is 4. The molecule has 0 amide bonds. The Kier molecular flexibility index (Phi) is 5.09. The zero-order chi connectivity index (χ0) is 14.7. The highest BCUT2D eigenvalue weighted by Crippen LogP contribution is 2.35. The lowest BCUT2D eigenvalue weighted by Crippen LogP contribution is -2.22. The Morgan fingerprint density at radius 1 is 1.33 bits per heavy atom. The van der Waals surface area contributed by atoms with Gasteiger partial charge in [0, 0.05) is 12.6 Å². The van der Waals surface area contributed by atoms with Gasteiger partial charge >= 0.3 is 0 Å². The average molecular weight is 306 g/mol. The molecule has 0 saturated carbocycles. The van der Waals surface area contributed by atoms with Gasteiger partial charge in [-0.3, -0.25) is 4.90 Å². The van der Waals surface area contributed by atoms with E-state index < -0.39 is 0 Å². The van der Waals surface area contributed by atoms with E-state index in [1.807, 2.05) is 11.8 Å². The van der Waals surface area contributed by atoms with Gasteiger partial charge in [-0.15, -0.1) is 0 Å². The van der Waals surface area contributed by atoms with Crippen LogP contribution < -0.4 is 10.5 Å². The molecule has 2 atom stereocenters. The van der Waals surface area contributed by atoms with E-state index in [0.29, 0.717) is 18.1 Å². The Bertz CT molecular complexity index is 462. The van der Waals surface area contributed by atoms with Crippen LogP contribution in [0.25, 0.3) is 0 Å². The monoisotopic (exact) mass is 306 g/mol. The summed E-state index contributed by atoms with van der Waals surface area (Å²) in [7, 11) is 2.20. The first kappa shape index (κ1) is 15.2.